The Morgan fingerprint density at radius 2 is 2.15 bits per heavy atom. The van der Waals surface area contributed by atoms with Gasteiger partial charge in [0.2, 0.25) is 0 Å². The van der Waals surface area contributed by atoms with Crippen molar-refractivity contribution in [2.24, 2.45) is 0 Å². The molecule has 0 fully saturated rings. The summed E-state index contributed by atoms with van der Waals surface area (Å²) in [5, 5.41) is 4.89. The van der Waals surface area contributed by atoms with Crippen molar-refractivity contribution in [3.8, 4) is 17.0 Å². The van der Waals surface area contributed by atoms with Gasteiger partial charge in [-0.05, 0) is 42.8 Å². The molecule has 1 aromatic carbocycles. The molecule has 0 spiro atoms. The summed E-state index contributed by atoms with van der Waals surface area (Å²) in [6, 6.07) is 8.83. The van der Waals surface area contributed by atoms with E-state index < -0.39 is 0 Å². The SMILES string of the molecule is Cc1cnn(-c2ccc(Cl)cc2-c2ccc(C=O)o2)c1. The van der Waals surface area contributed by atoms with Crippen LogP contribution in [0, 0.1) is 6.92 Å². The van der Waals surface area contributed by atoms with Crippen molar-refractivity contribution in [1.82, 2.24) is 9.78 Å². The lowest BCUT2D eigenvalue weighted by Gasteiger charge is -2.08. The molecular formula is C15H11ClN2O2. The van der Waals surface area contributed by atoms with Crippen molar-refractivity contribution in [3.05, 3.63) is 59.1 Å². The highest BCUT2D eigenvalue weighted by Gasteiger charge is 2.12. The van der Waals surface area contributed by atoms with E-state index in [1.54, 1.807) is 35.1 Å². The maximum Gasteiger partial charge on any atom is 0.185 e. The van der Waals surface area contributed by atoms with Gasteiger partial charge in [0.1, 0.15) is 5.76 Å². The van der Waals surface area contributed by atoms with Gasteiger partial charge in [0.05, 0.1) is 11.9 Å². The first-order chi connectivity index (χ1) is 9.67. The Balaban J connectivity index is 2.18. The predicted molar refractivity (Wildman–Crippen MR) is 76.4 cm³/mol. The highest BCUT2D eigenvalue weighted by atomic mass is 35.5. The van der Waals surface area contributed by atoms with E-state index in [0.717, 1.165) is 16.8 Å². The van der Waals surface area contributed by atoms with Crippen molar-refractivity contribution in [3.63, 3.8) is 0 Å². The van der Waals surface area contributed by atoms with Crippen molar-refractivity contribution >= 4 is 17.9 Å². The van der Waals surface area contributed by atoms with Crippen molar-refractivity contribution < 1.29 is 9.21 Å². The van der Waals surface area contributed by atoms with E-state index in [4.69, 9.17) is 16.0 Å². The number of furan rings is 1. The summed E-state index contributed by atoms with van der Waals surface area (Å²) in [5.41, 5.74) is 2.68. The van der Waals surface area contributed by atoms with Gasteiger partial charge in [-0.25, -0.2) is 4.68 Å². The van der Waals surface area contributed by atoms with Crippen LogP contribution in [-0.4, -0.2) is 16.1 Å². The third kappa shape index (κ3) is 2.26. The first kappa shape index (κ1) is 12.7. The molecule has 0 amide bonds. The van der Waals surface area contributed by atoms with E-state index >= 15 is 0 Å². The molecule has 0 saturated carbocycles. The molecule has 0 aliphatic carbocycles. The number of nitrogens with zero attached hydrogens (tertiary/aromatic N) is 2. The molecule has 20 heavy (non-hydrogen) atoms. The van der Waals surface area contributed by atoms with Gasteiger partial charge in [-0.2, -0.15) is 5.10 Å². The van der Waals surface area contributed by atoms with Crippen LogP contribution in [0.1, 0.15) is 16.1 Å². The van der Waals surface area contributed by atoms with E-state index in [1.807, 2.05) is 19.2 Å². The molecule has 3 aromatic rings. The zero-order valence-corrected chi connectivity index (χ0v) is 11.5. The molecule has 2 aromatic heterocycles. The van der Waals surface area contributed by atoms with Gasteiger partial charge in [0, 0.05) is 16.8 Å². The molecular weight excluding hydrogens is 276 g/mol. The van der Waals surface area contributed by atoms with Gasteiger partial charge in [0.25, 0.3) is 0 Å². The summed E-state index contributed by atoms with van der Waals surface area (Å²) >= 11 is 6.06. The van der Waals surface area contributed by atoms with Crippen LogP contribution < -0.4 is 0 Å². The van der Waals surface area contributed by atoms with E-state index in [1.165, 1.54) is 0 Å². The number of carbonyl (C=O) groups is 1. The van der Waals surface area contributed by atoms with Crippen molar-refractivity contribution in [2.45, 2.75) is 6.92 Å². The lowest BCUT2D eigenvalue weighted by Crippen LogP contribution is -1.97. The van der Waals surface area contributed by atoms with Crippen LogP contribution in [0.5, 0.6) is 0 Å². The van der Waals surface area contributed by atoms with E-state index in [-0.39, 0.29) is 5.76 Å². The minimum atomic E-state index is 0.280. The average molecular weight is 287 g/mol. The number of hydrogen-bond donors (Lipinski definition) is 0. The standard InChI is InChI=1S/C15H11ClN2O2/c1-10-7-17-18(8-10)14-4-2-11(16)6-13(14)15-5-3-12(9-19)20-15/h2-9H,1H3. The summed E-state index contributed by atoms with van der Waals surface area (Å²) in [6.07, 6.45) is 4.36. The van der Waals surface area contributed by atoms with Crippen LogP contribution in [0.15, 0.2) is 47.1 Å². The molecule has 0 N–H and O–H groups in total. The lowest BCUT2D eigenvalue weighted by atomic mass is 10.1. The van der Waals surface area contributed by atoms with Crippen LogP contribution in [0.2, 0.25) is 5.02 Å². The smallest absolute Gasteiger partial charge is 0.185 e. The maximum atomic E-state index is 10.7. The van der Waals surface area contributed by atoms with Crippen molar-refractivity contribution in [2.75, 3.05) is 0 Å². The van der Waals surface area contributed by atoms with Crippen LogP contribution in [0.3, 0.4) is 0 Å². The molecule has 0 aliphatic rings. The molecule has 0 bridgehead atoms. The molecule has 0 unspecified atom stereocenters. The topological polar surface area (TPSA) is 48.0 Å². The Labute approximate surface area is 120 Å². The summed E-state index contributed by atoms with van der Waals surface area (Å²) in [5.74, 6) is 0.861. The van der Waals surface area contributed by atoms with Crippen LogP contribution in [-0.2, 0) is 0 Å². The second kappa shape index (κ2) is 4.98. The van der Waals surface area contributed by atoms with Gasteiger partial charge >= 0.3 is 0 Å². The molecule has 2 heterocycles. The second-order valence-electron chi connectivity index (χ2n) is 4.44. The third-order valence-corrected chi connectivity index (χ3v) is 3.16. The normalized spacial score (nSPS) is 10.7. The number of aryl methyl sites for hydroxylation is 1. The lowest BCUT2D eigenvalue weighted by molar-refractivity contribution is 0.110. The predicted octanol–water partition coefficient (Wildman–Crippen LogP) is 3.91. The maximum absolute atomic E-state index is 10.7. The Hall–Kier alpha value is -2.33. The van der Waals surface area contributed by atoms with Gasteiger partial charge in [-0.3, -0.25) is 4.79 Å². The number of rotatable bonds is 3. The van der Waals surface area contributed by atoms with Gasteiger partial charge in [-0.15, -0.1) is 0 Å². The quantitative estimate of drug-likeness (QED) is 0.686. The monoisotopic (exact) mass is 286 g/mol. The fraction of sp³-hybridized carbons (Fsp3) is 0.0667. The molecule has 5 heteroatoms. The van der Waals surface area contributed by atoms with Crippen molar-refractivity contribution in [1.29, 1.82) is 0 Å². The number of aromatic nitrogens is 2. The summed E-state index contributed by atoms with van der Waals surface area (Å²) in [7, 11) is 0. The zero-order valence-electron chi connectivity index (χ0n) is 10.7. The highest BCUT2D eigenvalue weighted by molar-refractivity contribution is 6.31. The first-order valence-corrected chi connectivity index (χ1v) is 6.42. The minimum absolute atomic E-state index is 0.280. The van der Waals surface area contributed by atoms with E-state index in [2.05, 4.69) is 5.10 Å². The molecule has 0 radical (unpaired) electrons. The Bertz CT molecular complexity index is 774. The Morgan fingerprint density at radius 1 is 1.30 bits per heavy atom. The number of halogens is 1. The molecule has 3 rings (SSSR count). The molecule has 0 aliphatic heterocycles. The molecule has 4 nitrogen and oxygen atoms in total. The van der Waals surface area contributed by atoms with Crippen LogP contribution in [0.25, 0.3) is 17.0 Å². The summed E-state index contributed by atoms with van der Waals surface area (Å²) in [6.45, 7) is 1.97. The van der Waals surface area contributed by atoms with Gasteiger partial charge < -0.3 is 4.42 Å². The number of hydrogen-bond acceptors (Lipinski definition) is 3. The van der Waals surface area contributed by atoms with Gasteiger partial charge in [0.15, 0.2) is 12.0 Å². The Kier molecular flexibility index (Phi) is 3.16. The van der Waals surface area contributed by atoms with E-state index in [0.29, 0.717) is 17.1 Å². The second-order valence-corrected chi connectivity index (χ2v) is 4.88. The number of aldehydes is 1. The molecule has 0 saturated heterocycles. The summed E-state index contributed by atoms with van der Waals surface area (Å²) in [4.78, 5) is 10.7. The number of carbonyl (C=O) groups excluding carboxylic acids is 1. The summed E-state index contributed by atoms with van der Waals surface area (Å²) < 4.78 is 7.23. The molecule has 0 atom stereocenters. The molecule has 100 valence electrons. The third-order valence-electron chi connectivity index (χ3n) is 2.93. The first-order valence-electron chi connectivity index (χ1n) is 6.04. The van der Waals surface area contributed by atoms with Gasteiger partial charge in [-0.1, -0.05) is 11.6 Å². The average Bonchev–Trinajstić information content (AvgIpc) is 3.07. The largest absolute Gasteiger partial charge is 0.453 e. The fourth-order valence-electron chi connectivity index (χ4n) is 2.01. The Morgan fingerprint density at radius 3 is 2.80 bits per heavy atom. The number of benzene rings is 1. The van der Waals surface area contributed by atoms with Crippen LogP contribution >= 0.6 is 11.6 Å². The van der Waals surface area contributed by atoms with E-state index in [9.17, 15) is 4.79 Å². The van der Waals surface area contributed by atoms with Crippen LogP contribution in [0.4, 0.5) is 0 Å². The minimum Gasteiger partial charge on any atom is -0.453 e. The highest BCUT2D eigenvalue weighted by Crippen LogP contribution is 2.30. The zero-order chi connectivity index (χ0) is 14.1. The fourth-order valence-corrected chi connectivity index (χ4v) is 2.18.